The van der Waals surface area contributed by atoms with Gasteiger partial charge in [0.15, 0.2) is 0 Å². The molecule has 0 saturated heterocycles. The number of hydrogen-bond acceptors (Lipinski definition) is 2. The number of carbonyl (C=O) groups is 1. The molecule has 3 rings (SSSR count). The number of carbonyl (C=O) groups excluding carboxylic acids is 1. The molecular formula is C16H14FNO2. The SMILES string of the molecule is O=C(NCC1Cc2ccccc21)c1cc(F)ccc1O. The maximum Gasteiger partial charge on any atom is 0.255 e. The quantitative estimate of drug-likeness (QED) is 0.901. The minimum Gasteiger partial charge on any atom is -0.507 e. The molecule has 1 aliphatic rings. The fourth-order valence-electron chi connectivity index (χ4n) is 2.55. The fraction of sp³-hybridized carbons (Fsp3) is 0.188. The largest absolute Gasteiger partial charge is 0.507 e. The summed E-state index contributed by atoms with van der Waals surface area (Å²) in [6.07, 6.45) is 0.936. The van der Waals surface area contributed by atoms with Gasteiger partial charge >= 0.3 is 0 Å². The van der Waals surface area contributed by atoms with E-state index < -0.39 is 11.7 Å². The van der Waals surface area contributed by atoms with Crippen LogP contribution in [-0.4, -0.2) is 17.6 Å². The zero-order valence-electron chi connectivity index (χ0n) is 10.8. The lowest BCUT2D eigenvalue weighted by molar-refractivity contribution is 0.0947. The van der Waals surface area contributed by atoms with E-state index in [0.717, 1.165) is 18.6 Å². The van der Waals surface area contributed by atoms with Crippen molar-refractivity contribution in [2.75, 3.05) is 6.54 Å². The molecule has 102 valence electrons. The van der Waals surface area contributed by atoms with E-state index >= 15 is 0 Å². The zero-order chi connectivity index (χ0) is 14.1. The molecule has 0 aliphatic heterocycles. The van der Waals surface area contributed by atoms with Gasteiger partial charge in [-0.1, -0.05) is 24.3 Å². The Morgan fingerprint density at radius 1 is 1.30 bits per heavy atom. The fourth-order valence-corrected chi connectivity index (χ4v) is 2.55. The first-order valence-electron chi connectivity index (χ1n) is 6.49. The van der Waals surface area contributed by atoms with E-state index in [4.69, 9.17) is 0 Å². The first-order chi connectivity index (χ1) is 9.65. The van der Waals surface area contributed by atoms with Crippen LogP contribution in [0.5, 0.6) is 5.75 Å². The van der Waals surface area contributed by atoms with E-state index in [-0.39, 0.29) is 11.3 Å². The number of halogens is 1. The highest BCUT2D eigenvalue weighted by Crippen LogP contribution is 2.34. The average Bonchev–Trinajstić information content (AvgIpc) is 2.42. The Hall–Kier alpha value is -2.36. The predicted octanol–water partition coefficient (Wildman–Crippen LogP) is 2.60. The van der Waals surface area contributed by atoms with Crippen LogP contribution in [0.2, 0.25) is 0 Å². The third kappa shape index (κ3) is 2.25. The molecule has 2 N–H and O–H groups in total. The number of phenols is 1. The first kappa shape index (κ1) is 12.7. The van der Waals surface area contributed by atoms with Gasteiger partial charge in [-0.25, -0.2) is 4.39 Å². The highest BCUT2D eigenvalue weighted by molar-refractivity contribution is 5.96. The van der Waals surface area contributed by atoms with Crippen LogP contribution >= 0.6 is 0 Å². The number of nitrogens with one attached hydrogen (secondary N) is 1. The predicted molar refractivity (Wildman–Crippen MR) is 73.3 cm³/mol. The van der Waals surface area contributed by atoms with E-state index in [1.807, 2.05) is 12.1 Å². The van der Waals surface area contributed by atoms with Gasteiger partial charge in [-0.05, 0) is 35.7 Å². The number of fused-ring (bicyclic) bond motifs is 1. The van der Waals surface area contributed by atoms with Crippen LogP contribution in [0, 0.1) is 5.82 Å². The van der Waals surface area contributed by atoms with Crippen LogP contribution in [0.15, 0.2) is 42.5 Å². The minimum absolute atomic E-state index is 0.0300. The normalized spacial score (nSPS) is 16.1. The lowest BCUT2D eigenvalue weighted by atomic mass is 9.77. The van der Waals surface area contributed by atoms with Gasteiger partial charge in [0.25, 0.3) is 5.91 Å². The molecule has 1 aliphatic carbocycles. The van der Waals surface area contributed by atoms with Crippen molar-refractivity contribution in [2.45, 2.75) is 12.3 Å². The summed E-state index contributed by atoms with van der Waals surface area (Å²) in [5.74, 6) is -0.905. The molecule has 0 radical (unpaired) electrons. The molecule has 3 nitrogen and oxygen atoms in total. The Morgan fingerprint density at radius 3 is 2.90 bits per heavy atom. The Morgan fingerprint density at radius 2 is 2.10 bits per heavy atom. The summed E-state index contributed by atoms with van der Waals surface area (Å²) in [5.41, 5.74) is 2.52. The molecule has 2 aromatic rings. The number of phenolic OH excluding ortho intramolecular Hbond substituents is 1. The van der Waals surface area contributed by atoms with Crippen LogP contribution < -0.4 is 5.32 Å². The lowest BCUT2D eigenvalue weighted by Crippen LogP contribution is -2.33. The van der Waals surface area contributed by atoms with Gasteiger partial charge in [0.1, 0.15) is 11.6 Å². The van der Waals surface area contributed by atoms with Crippen LogP contribution in [0.3, 0.4) is 0 Å². The van der Waals surface area contributed by atoms with E-state index in [9.17, 15) is 14.3 Å². The minimum atomic E-state index is -0.540. The second kappa shape index (κ2) is 4.96. The zero-order valence-corrected chi connectivity index (χ0v) is 10.8. The molecule has 0 saturated carbocycles. The van der Waals surface area contributed by atoms with E-state index in [2.05, 4.69) is 17.4 Å². The maximum atomic E-state index is 13.1. The summed E-state index contributed by atoms with van der Waals surface area (Å²) in [5, 5.41) is 12.3. The molecule has 1 atom stereocenters. The topological polar surface area (TPSA) is 49.3 Å². The molecule has 0 spiro atoms. The van der Waals surface area contributed by atoms with Gasteiger partial charge in [-0.3, -0.25) is 4.79 Å². The van der Waals surface area contributed by atoms with Crippen molar-refractivity contribution >= 4 is 5.91 Å². The summed E-state index contributed by atoms with van der Waals surface area (Å²) in [6.45, 7) is 0.492. The Kier molecular flexibility index (Phi) is 3.14. The smallest absolute Gasteiger partial charge is 0.255 e. The number of aromatic hydroxyl groups is 1. The van der Waals surface area contributed by atoms with Gasteiger partial charge in [0, 0.05) is 12.5 Å². The van der Waals surface area contributed by atoms with Gasteiger partial charge < -0.3 is 10.4 Å². The molecule has 0 heterocycles. The first-order valence-corrected chi connectivity index (χ1v) is 6.49. The second-order valence-corrected chi connectivity index (χ2v) is 4.97. The maximum absolute atomic E-state index is 13.1. The Labute approximate surface area is 116 Å². The van der Waals surface area contributed by atoms with Gasteiger partial charge in [0.2, 0.25) is 0 Å². The van der Waals surface area contributed by atoms with E-state index in [1.54, 1.807) is 0 Å². The summed E-state index contributed by atoms with van der Waals surface area (Å²) >= 11 is 0. The number of hydrogen-bond donors (Lipinski definition) is 2. The molecule has 0 aromatic heterocycles. The van der Waals surface area contributed by atoms with Crippen LogP contribution in [-0.2, 0) is 6.42 Å². The monoisotopic (exact) mass is 271 g/mol. The Bertz CT molecular complexity index is 669. The highest BCUT2D eigenvalue weighted by Gasteiger charge is 2.26. The van der Waals surface area contributed by atoms with Crippen molar-refractivity contribution in [3.63, 3.8) is 0 Å². The number of benzene rings is 2. The molecule has 1 amide bonds. The van der Waals surface area contributed by atoms with E-state index in [1.165, 1.54) is 17.2 Å². The van der Waals surface area contributed by atoms with Crippen molar-refractivity contribution in [3.8, 4) is 5.75 Å². The number of amides is 1. The van der Waals surface area contributed by atoms with Crippen LogP contribution in [0.4, 0.5) is 4.39 Å². The number of rotatable bonds is 3. The van der Waals surface area contributed by atoms with Crippen LogP contribution in [0.1, 0.15) is 27.4 Å². The standard InChI is InChI=1S/C16H14FNO2/c17-12-5-6-15(19)14(8-12)16(20)18-9-11-7-10-3-1-2-4-13(10)11/h1-6,8,11,19H,7,9H2,(H,18,20). The van der Waals surface area contributed by atoms with Gasteiger partial charge in [-0.2, -0.15) is 0 Å². The second-order valence-electron chi connectivity index (χ2n) is 4.97. The molecule has 0 fully saturated rings. The van der Waals surface area contributed by atoms with Gasteiger partial charge in [0.05, 0.1) is 5.56 Å². The molecule has 4 heteroatoms. The van der Waals surface area contributed by atoms with Crippen molar-refractivity contribution in [1.29, 1.82) is 0 Å². The van der Waals surface area contributed by atoms with Crippen molar-refractivity contribution in [2.24, 2.45) is 0 Å². The molecule has 20 heavy (non-hydrogen) atoms. The molecule has 1 unspecified atom stereocenters. The average molecular weight is 271 g/mol. The summed E-state index contributed by atoms with van der Waals surface area (Å²) < 4.78 is 13.1. The summed E-state index contributed by atoms with van der Waals surface area (Å²) in [4.78, 5) is 11.9. The molecule has 2 aromatic carbocycles. The molecule has 0 bridgehead atoms. The van der Waals surface area contributed by atoms with Crippen molar-refractivity contribution < 1.29 is 14.3 Å². The third-order valence-corrected chi connectivity index (χ3v) is 3.67. The van der Waals surface area contributed by atoms with Crippen LogP contribution in [0.25, 0.3) is 0 Å². The van der Waals surface area contributed by atoms with Crippen molar-refractivity contribution in [1.82, 2.24) is 5.32 Å². The summed E-state index contributed by atoms with van der Waals surface area (Å²) in [7, 11) is 0. The van der Waals surface area contributed by atoms with Gasteiger partial charge in [-0.15, -0.1) is 0 Å². The lowest BCUT2D eigenvalue weighted by Gasteiger charge is -2.30. The summed E-state index contributed by atoms with van der Waals surface area (Å²) in [6, 6.07) is 11.4. The van der Waals surface area contributed by atoms with E-state index in [0.29, 0.717) is 12.5 Å². The van der Waals surface area contributed by atoms with Crippen molar-refractivity contribution in [3.05, 3.63) is 65.0 Å². The Balaban J connectivity index is 1.65. The molecular weight excluding hydrogens is 257 g/mol. The third-order valence-electron chi connectivity index (χ3n) is 3.67. The highest BCUT2D eigenvalue weighted by atomic mass is 19.1.